The summed E-state index contributed by atoms with van der Waals surface area (Å²) < 4.78 is 12.1. The van der Waals surface area contributed by atoms with E-state index >= 15 is 0 Å². The van der Waals surface area contributed by atoms with E-state index in [0.29, 0.717) is 33.3 Å². The predicted octanol–water partition coefficient (Wildman–Crippen LogP) is 6.18. The number of hydrogen-bond acceptors (Lipinski definition) is 5. The van der Waals surface area contributed by atoms with Gasteiger partial charge < -0.3 is 8.83 Å². The van der Waals surface area contributed by atoms with Crippen LogP contribution in [0.1, 0.15) is 31.2 Å². The highest BCUT2D eigenvalue weighted by atomic mass is 35.5. The van der Waals surface area contributed by atoms with Crippen LogP contribution in [0.25, 0.3) is 27.9 Å². The average molecular weight is 395 g/mol. The Balaban J connectivity index is 1.54. The quantitative estimate of drug-likeness (QED) is 0.301. The third kappa shape index (κ3) is 2.51. The van der Waals surface area contributed by atoms with Gasteiger partial charge in [0.15, 0.2) is 23.1 Å². The van der Waals surface area contributed by atoms with Crippen molar-refractivity contribution in [2.24, 2.45) is 0 Å². The van der Waals surface area contributed by atoms with Crippen LogP contribution < -0.4 is 0 Å². The zero-order valence-corrected chi connectivity index (χ0v) is 15.6. The van der Waals surface area contributed by atoms with Crippen molar-refractivity contribution in [2.45, 2.75) is 6.92 Å². The van der Waals surface area contributed by atoms with Crippen LogP contribution in [-0.4, -0.2) is 11.6 Å². The van der Waals surface area contributed by atoms with Crippen LogP contribution in [0.2, 0.25) is 5.02 Å². The highest BCUT2D eigenvalue weighted by molar-refractivity contribution is 7.19. The SMILES string of the molecule is Cc1cc2c(cc1Cl)C(=O)/C(=C\c1cc3oc(-c4ccco4)cc3s1)C2=O. The number of carbonyl (C=O) groups is 2. The first-order valence-electron chi connectivity index (χ1n) is 8.20. The molecule has 3 aromatic heterocycles. The summed E-state index contributed by atoms with van der Waals surface area (Å²) >= 11 is 7.56. The van der Waals surface area contributed by atoms with E-state index in [4.69, 9.17) is 20.4 Å². The van der Waals surface area contributed by atoms with Crippen LogP contribution in [0.5, 0.6) is 0 Å². The maximum absolute atomic E-state index is 12.7. The molecule has 0 unspecified atom stereocenters. The van der Waals surface area contributed by atoms with E-state index in [0.717, 1.165) is 15.1 Å². The Morgan fingerprint density at radius 2 is 1.81 bits per heavy atom. The Hall–Kier alpha value is -2.89. The fourth-order valence-electron chi connectivity index (χ4n) is 3.19. The van der Waals surface area contributed by atoms with E-state index in [-0.39, 0.29) is 17.1 Å². The van der Waals surface area contributed by atoms with Crippen LogP contribution in [0.15, 0.2) is 57.1 Å². The summed E-state index contributed by atoms with van der Waals surface area (Å²) in [6, 6.07) is 10.6. The first-order chi connectivity index (χ1) is 13.0. The lowest BCUT2D eigenvalue weighted by Gasteiger charge is -2.00. The molecule has 0 amide bonds. The van der Waals surface area contributed by atoms with Crippen LogP contribution in [-0.2, 0) is 0 Å². The zero-order chi connectivity index (χ0) is 18.7. The third-order valence-corrected chi connectivity index (χ3v) is 5.97. The minimum absolute atomic E-state index is 0.154. The number of allylic oxidation sites excluding steroid dienone is 1. The molecule has 0 saturated carbocycles. The molecule has 0 bridgehead atoms. The number of aryl methyl sites for hydroxylation is 1. The molecule has 3 heterocycles. The van der Waals surface area contributed by atoms with Crippen molar-refractivity contribution in [1.29, 1.82) is 0 Å². The lowest BCUT2D eigenvalue weighted by molar-refractivity contribution is 0.0990. The van der Waals surface area contributed by atoms with Crippen molar-refractivity contribution in [3.8, 4) is 11.5 Å². The molecule has 4 nitrogen and oxygen atoms in total. The summed E-state index contributed by atoms with van der Waals surface area (Å²) in [5.41, 5.74) is 2.39. The second-order valence-corrected chi connectivity index (χ2v) is 7.85. The Labute approximate surface area is 162 Å². The lowest BCUT2D eigenvalue weighted by Crippen LogP contribution is -1.99. The first kappa shape index (κ1) is 16.3. The van der Waals surface area contributed by atoms with Gasteiger partial charge in [-0.1, -0.05) is 11.6 Å². The van der Waals surface area contributed by atoms with Crippen LogP contribution in [0, 0.1) is 6.92 Å². The minimum atomic E-state index is -0.293. The van der Waals surface area contributed by atoms with Crippen molar-refractivity contribution in [2.75, 3.05) is 0 Å². The molecule has 1 aromatic carbocycles. The number of ketones is 2. The van der Waals surface area contributed by atoms with E-state index in [1.165, 1.54) is 11.3 Å². The van der Waals surface area contributed by atoms with E-state index in [1.807, 2.05) is 25.1 Å². The molecule has 0 radical (unpaired) electrons. The van der Waals surface area contributed by atoms with Crippen molar-refractivity contribution in [3.63, 3.8) is 0 Å². The summed E-state index contributed by atoms with van der Waals surface area (Å²) in [5, 5.41) is 0.482. The maximum Gasteiger partial charge on any atom is 0.197 e. The second-order valence-electron chi connectivity index (χ2n) is 6.33. The van der Waals surface area contributed by atoms with Gasteiger partial charge in [0.25, 0.3) is 0 Å². The fourth-order valence-corrected chi connectivity index (χ4v) is 4.32. The number of rotatable bonds is 2. The number of thiophene rings is 1. The van der Waals surface area contributed by atoms with Gasteiger partial charge in [-0.25, -0.2) is 0 Å². The molecular weight excluding hydrogens is 384 g/mol. The molecule has 4 aromatic rings. The molecule has 0 spiro atoms. The highest BCUT2D eigenvalue weighted by Crippen LogP contribution is 2.37. The number of fused-ring (bicyclic) bond motifs is 2. The van der Waals surface area contributed by atoms with Gasteiger partial charge in [0.1, 0.15) is 5.58 Å². The normalized spacial score (nSPS) is 15.3. The smallest absolute Gasteiger partial charge is 0.197 e. The fraction of sp³-hybridized carbons (Fsp3) is 0.0476. The summed E-state index contributed by atoms with van der Waals surface area (Å²) in [6.07, 6.45) is 3.21. The molecule has 1 aliphatic carbocycles. The molecule has 5 rings (SSSR count). The number of furan rings is 2. The van der Waals surface area contributed by atoms with E-state index in [9.17, 15) is 9.59 Å². The van der Waals surface area contributed by atoms with Crippen molar-refractivity contribution >= 4 is 50.9 Å². The standard InChI is InChI=1S/C21H11ClO4S/c1-10-5-12-13(8-15(10)22)21(24)14(20(12)23)6-11-7-18-19(27-11)9-17(26-18)16-3-2-4-25-16/h2-9H,1H3/b14-6-. The third-order valence-electron chi connectivity index (χ3n) is 4.55. The summed E-state index contributed by atoms with van der Waals surface area (Å²) in [5.74, 6) is 0.738. The van der Waals surface area contributed by atoms with Gasteiger partial charge >= 0.3 is 0 Å². The lowest BCUT2D eigenvalue weighted by atomic mass is 10.1. The van der Waals surface area contributed by atoms with Gasteiger partial charge in [0.05, 0.1) is 16.5 Å². The number of benzene rings is 1. The van der Waals surface area contributed by atoms with Gasteiger partial charge in [-0.05, 0) is 48.9 Å². The molecule has 27 heavy (non-hydrogen) atoms. The van der Waals surface area contributed by atoms with Gasteiger partial charge in [0.2, 0.25) is 0 Å². The van der Waals surface area contributed by atoms with Crippen molar-refractivity contribution in [3.05, 3.63) is 74.8 Å². The zero-order valence-electron chi connectivity index (χ0n) is 14.0. The van der Waals surface area contributed by atoms with E-state index in [1.54, 1.807) is 30.5 Å². The van der Waals surface area contributed by atoms with Gasteiger partial charge in [-0.3, -0.25) is 9.59 Å². The molecule has 1 aliphatic rings. The molecule has 0 saturated heterocycles. The highest BCUT2D eigenvalue weighted by Gasteiger charge is 2.34. The van der Waals surface area contributed by atoms with Crippen LogP contribution >= 0.6 is 22.9 Å². The molecular formula is C21H11ClO4S. The number of halogens is 1. The van der Waals surface area contributed by atoms with Crippen molar-refractivity contribution in [1.82, 2.24) is 0 Å². The maximum atomic E-state index is 12.7. The van der Waals surface area contributed by atoms with Gasteiger partial charge in [-0.2, -0.15) is 0 Å². The van der Waals surface area contributed by atoms with Gasteiger partial charge in [0, 0.05) is 27.1 Å². The molecule has 0 N–H and O–H groups in total. The molecule has 0 fully saturated rings. The Morgan fingerprint density at radius 3 is 2.52 bits per heavy atom. The summed E-state index contributed by atoms with van der Waals surface area (Å²) in [4.78, 5) is 26.1. The van der Waals surface area contributed by atoms with Crippen LogP contribution in [0.4, 0.5) is 0 Å². The van der Waals surface area contributed by atoms with Gasteiger partial charge in [-0.15, -0.1) is 11.3 Å². The Bertz CT molecular complexity index is 1200. The first-order valence-corrected chi connectivity index (χ1v) is 9.39. The van der Waals surface area contributed by atoms with E-state index in [2.05, 4.69) is 0 Å². The van der Waals surface area contributed by atoms with Crippen molar-refractivity contribution < 1.29 is 18.4 Å². The summed E-state index contributed by atoms with van der Waals surface area (Å²) in [6.45, 7) is 1.81. The monoisotopic (exact) mass is 394 g/mol. The second kappa shape index (κ2) is 5.81. The predicted molar refractivity (Wildman–Crippen MR) is 105 cm³/mol. The molecule has 0 atom stereocenters. The average Bonchev–Trinajstić information content (AvgIpc) is 3.38. The Kier molecular flexibility index (Phi) is 3.50. The molecule has 0 aliphatic heterocycles. The Morgan fingerprint density at radius 1 is 1.04 bits per heavy atom. The topological polar surface area (TPSA) is 60.4 Å². The number of hydrogen-bond donors (Lipinski definition) is 0. The minimum Gasteiger partial charge on any atom is -0.461 e. The van der Waals surface area contributed by atoms with E-state index < -0.39 is 0 Å². The summed E-state index contributed by atoms with van der Waals surface area (Å²) in [7, 11) is 0. The molecule has 132 valence electrons. The number of carbonyl (C=O) groups excluding carboxylic acids is 2. The molecule has 6 heteroatoms. The number of Topliss-reactive ketones (excluding diaryl/α,β-unsaturated/α-hetero) is 2. The van der Waals surface area contributed by atoms with Crippen LogP contribution in [0.3, 0.4) is 0 Å². The largest absolute Gasteiger partial charge is 0.461 e.